The predicted octanol–water partition coefficient (Wildman–Crippen LogP) is 19.1. The zero-order chi connectivity index (χ0) is 64.5. The molecule has 2 unspecified atom stereocenters. The van der Waals surface area contributed by atoms with Crippen LogP contribution >= 0.6 is 15.6 Å². The first-order valence-electron chi connectivity index (χ1n) is 35.3. The summed E-state index contributed by atoms with van der Waals surface area (Å²) < 4.78 is 68.2. The molecule has 0 saturated heterocycles. The van der Waals surface area contributed by atoms with Gasteiger partial charge in [0.25, 0.3) is 0 Å². The molecule has 0 heterocycles. The van der Waals surface area contributed by atoms with Gasteiger partial charge in [0, 0.05) is 25.7 Å². The van der Waals surface area contributed by atoms with Crippen molar-refractivity contribution in [1.82, 2.24) is 0 Å². The second-order valence-electron chi connectivity index (χ2n) is 26.0. The van der Waals surface area contributed by atoms with Crippen molar-refractivity contribution in [1.29, 1.82) is 0 Å². The first-order valence-corrected chi connectivity index (χ1v) is 38.3. The fourth-order valence-electron chi connectivity index (χ4n) is 10.2. The lowest BCUT2D eigenvalue weighted by Gasteiger charge is -2.21. The Balaban J connectivity index is 5.26. The van der Waals surface area contributed by atoms with E-state index < -0.39 is 97.5 Å². The van der Waals surface area contributed by atoms with Crippen LogP contribution in [0.5, 0.6) is 0 Å². The van der Waals surface area contributed by atoms with Crippen molar-refractivity contribution in [2.24, 2.45) is 17.8 Å². The van der Waals surface area contributed by atoms with Crippen LogP contribution in [0.25, 0.3) is 0 Å². The van der Waals surface area contributed by atoms with Gasteiger partial charge < -0.3 is 33.8 Å². The Morgan fingerprint density at radius 3 is 0.782 bits per heavy atom. The number of rotatable bonds is 66. The SMILES string of the molecule is CCCCCCCCCCCCC(=O)OC[C@H](COP(=O)(O)OC[C@H](O)COP(=O)(O)OC[C@@H](COC(=O)CCCCCCCCCCCC(C)C)OC(=O)CCCCCCCCCCCCC(C)C)OC(=O)CCCCCCCCCCCC(C)C. The average molecular weight is 1280 g/mol. The Morgan fingerprint density at radius 2 is 0.529 bits per heavy atom. The summed E-state index contributed by atoms with van der Waals surface area (Å²) in [6.07, 6.45) is 41.6. The van der Waals surface area contributed by atoms with Gasteiger partial charge in [0.15, 0.2) is 12.2 Å². The maximum absolute atomic E-state index is 13.0. The third-order valence-electron chi connectivity index (χ3n) is 15.6. The van der Waals surface area contributed by atoms with E-state index in [9.17, 15) is 43.2 Å². The van der Waals surface area contributed by atoms with Gasteiger partial charge in [-0.3, -0.25) is 37.3 Å². The lowest BCUT2D eigenvalue weighted by atomic mass is 10.0. The average Bonchev–Trinajstić information content (AvgIpc) is 3.69. The van der Waals surface area contributed by atoms with Gasteiger partial charge in [-0.1, -0.05) is 286 Å². The first-order chi connectivity index (χ1) is 41.7. The Bertz CT molecular complexity index is 1720. The standard InChI is InChI=1S/C68H132O17P2/c1-8-9-10-11-12-13-21-28-35-42-49-65(70)78-55-64(85-68(73)52-45-38-31-24-17-20-27-34-41-48-61(6)7)58-83-87(76,77)81-54-62(69)53-80-86(74,75)82-57-63(56-79-66(71)50-43-36-29-23-16-19-26-33-40-47-60(4)5)84-67(72)51-44-37-30-22-15-14-18-25-32-39-46-59(2)3/h59-64,69H,8-58H2,1-7H3,(H,74,75)(H,76,77)/t62-,63-,64-/m1/s1. The minimum absolute atomic E-state index is 0.105. The van der Waals surface area contributed by atoms with Crippen molar-refractivity contribution in [2.75, 3.05) is 39.6 Å². The van der Waals surface area contributed by atoms with E-state index in [2.05, 4.69) is 48.5 Å². The molecule has 0 amide bonds. The molecule has 3 N–H and O–H groups in total. The maximum Gasteiger partial charge on any atom is 0.472 e. The molecule has 0 aromatic carbocycles. The van der Waals surface area contributed by atoms with E-state index in [1.807, 2.05) is 0 Å². The largest absolute Gasteiger partial charge is 0.472 e. The number of hydrogen-bond acceptors (Lipinski definition) is 15. The number of carbonyl (C=O) groups excluding carboxylic acids is 4. The molecule has 17 nitrogen and oxygen atoms in total. The van der Waals surface area contributed by atoms with E-state index in [-0.39, 0.29) is 25.7 Å². The Morgan fingerprint density at radius 1 is 0.310 bits per heavy atom. The molecule has 0 aliphatic rings. The summed E-state index contributed by atoms with van der Waals surface area (Å²) in [5, 5.41) is 10.6. The highest BCUT2D eigenvalue weighted by Crippen LogP contribution is 2.45. The number of hydrogen-bond donors (Lipinski definition) is 3. The summed E-state index contributed by atoms with van der Waals surface area (Å²) in [6, 6.07) is 0. The number of carbonyl (C=O) groups is 4. The Kier molecular flexibility index (Phi) is 57.8. The van der Waals surface area contributed by atoms with Crippen LogP contribution in [0, 0.1) is 17.8 Å². The van der Waals surface area contributed by atoms with Gasteiger partial charge in [-0.2, -0.15) is 0 Å². The van der Waals surface area contributed by atoms with Crippen LogP contribution in [-0.2, 0) is 65.4 Å². The third-order valence-corrected chi connectivity index (χ3v) is 17.5. The Labute approximate surface area is 530 Å². The molecule has 87 heavy (non-hydrogen) atoms. The summed E-state index contributed by atoms with van der Waals surface area (Å²) >= 11 is 0. The number of aliphatic hydroxyl groups is 1. The summed E-state index contributed by atoms with van der Waals surface area (Å²) in [5.41, 5.74) is 0. The summed E-state index contributed by atoms with van der Waals surface area (Å²) in [7, 11) is -9.90. The molecule has 0 spiro atoms. The van der Waals surface area contributed by atoms with Crippen LogP contribution in [0.15, 0.2) is 0 Å². The van der Waals surface area contributed by atoms with Gasteiger partial charge in [0.2, 0.25) is 0 Å². The van der Waals surface area contributed by atoms with Crippen LogP contribution in [0.4, 0.5) is 0 Å². The molecule has 0 bridgehead atoms. The summed E-state index contributed by atoms with van der Waals surface area (Å²) in [4.78, 5) is 72.4. The zero-order valence-electron chi connectivity index (χ0n) is 56.5. The fourth-order valence-corrected chi connectivity index (χ4v) is 11.8. The molecule has 0 radical (unpaired) electrons. The molecule has 5 atom stereocenters. The molecule has 0 aliphatic heterocycles. The van der Waals surface area contributed by atoms with Gasteiger partial charge in [-0.15, -0.1) is 0 Å². The first kappa shape index (κ1) is 85.1. The van der Waals surface area contributed by atoms with E-state index >= 15 is 0 Å². The van der Waals surface area contributed by atoms with Crippen molar-refractivity contribution in [2.45, 2.75) is 356 Å². The molecule has 0 aliphatic carbocycles. The van der Waals surface area contributed by atoms with Crippen molar-refractivity contribution in [3.8, 4) is 0 Å². The van der Waals surface area contributed by atoms with Crippen molar-refractivity contribution in [3.63, 3.8) is 0 Å². The summed E-state index contributed by atoms with van der Waals surface area (Å²) in [6.45, 7) is 11.8. The lowest BCUT2D eigenvalue weighted by Crippen LogP contribution is -2.30. The van der Waals surface area contributed by atoms with Crippen molar-refractivity contribution < 1.29 is 80.2 Å². The number of unbranched alkanes of at least 4 members (excludes halogenated alkanes) is 34. The molecule has 0 rings (SSSR count). The van der Waals surface area contributed by atoms with Crippen LogP contribution in [0.2, 0.25) is 0 Å². The number of phosphoric acid groups is 2. The van der Waals surface area contributed by atoms with Gasteiger partial charge in [0.05, 0.1) is 26.4 Å². The molecule has 0 aromatic rings. The minimum Gasteiger partial charge on any atom is -0.462 e. The van der Waals surface area contributed by atoms with Crippen LogP contribution in [0.1, 0.15) is 337 Å². The molecule has 516 valence electrons. The highest BCUT2D eigenvalue weighted by molar-refractivity contribution is 7.47. The fraction of sp³-hybridized carbons (Fsp3) is 0.941. The van der Waals surface area contributed by atoms with E-state index in [1.165, 1.54) is 148 Å². The zero-order valence-corrected chi connectivity index (χ0v) is 58.3. The third kappa shape index (κ3) is 62.6. The topological polar surface area (TPSA) is 237 Å². The molecule has 0 saturated carbocycles. The maximum atomic E-state index is 13.0. The van der Waals surface area contributed by atoms with Gasteiger partial charge in [-0.25, -0.2) is 9.13 Å². The Hall–Kier alpha value is -1.94. The van der Waals surface area contributed by atoms with Crippen LogP contribution < -0.4 is 0 Å². The molecular formula is C68H132O17P2. The molecule has 0 aromatic heterocycles. The van der Waals surface area contributed by atoms with Gasteiger partial charge in [0.1, 0.15) is 19.3 Å². The van der Waals surface area contributed by atoms with E-state index in [4.69, 9.17) is 37.0 Å². The lowest BCUT2D eigenvalue weighted by molar-refractivity contribution is -0.161. The van der Waals surface area contributed by atoms with Gasteiger partial charge >= 0.3 is 39.5 Å². The van der Waals surface area contributed by atoms with Gasteiger partial charge in [-0.05, 0) is 43.4 Å². The number of esters is 4. The highest BCUT2D eigenvalue weighted by atomic mass is 31.2. The highest BCUT2D eigenvalue weighted by Gasteiger charge is 2.30. The quantitative estimate of drug-likeness (QED) is 0.0222. The minimum atomic E-state index is -4.95. The molecule has 0 fully saturated rings. The predicted molar refractivity (Wildman–Crippen MR) is 349 cm³/mol. The van der Waals surface area contributed by atoms with Crippen LogP contribution in [0.3, 0.4) is 0 Å². The number of phosphoric ester groups is 2. The van der Waals surface area contributed by atoms with Crippen molar-refractivity contribution in [3.05, 3.63) is 0 Å². The monoisotopic (exact) mass is 1280 g/mol. The molecular weight excluding hydrogens is 1150 g/mol. The second-order valence-corrected chi connectivity index (χ2v) is 28.9. The number of ether oxygens (including phenoxy) is 4. The van der Waals surface area contributed by atoms with E-state index in [0.717, 1.165) is 108 Å². The van der Waals surface area contributed by atoms with E-state index in [0.29, 0.717) is 25.7 Å². The number of aliphatic hydroxyl groups excluding tert-OH is 1. The van der Waals surface area contributed by atoms with Crippen molar-refractivity contribution >= 4 is 39.5 Å². The smallest absolute Gasteiger partial charge is 0.462 e. The normalized spacial score (nSPS) is 14.3. The second kappa shape index (κ2) is 59.1. The van der Waals surface area contributed by atoms with Crippen LogP contribution in [-0.4, -0.2) is 96.7 Å². The molecule has 19 heteroatoms. The summed E-state index contributed by atoms with van der Waals surface area (Å²) in [5.74, 6) is 0.103. The van der Waals surface area contributed by atoms with E-state index in [1.54, 1.807) is 0 Å².